The number of alkyl halides is 3. The first-order valence-corrected chi connectivity index (χ1v) is 16.4. The van der Waals surface area contributed by atoms with Crippen LogP contribution in [0.1, 0.15) is 40.8 Å². The average molecular weight is 727 g/mol. The summed E-state index contributed by atoms with van der Waals surface area (Å²) in [4.78, 5) is 66.0. The van der Waals surface area contributed by atoms with Gasteiger partial charge in [-0.15, -0.1) is 5.10 Å². The van der Waals surface area contributed by atoms with Crippen LogP contribution in [0.15, 0.2) is 52.3 Å². The van der Waals surface area contributed by atoms with Crippen LogP contribution in [0.3, 0.4) is 0 Å². The standard InChI is InChI=1S/C32H30ClF3N10O5/c1-2-22-25(42-10-12-43(13-11-42)29(49)24-27-37-8-3-9-45(27)41-28(24)48)30(50)46-31(39-26(40-46)18-6-14-51-15-7-18)44(22)17-23(47)38-21-5-4-19(16-20(21)33)32(34,35)36/h3-6,8-9,16H,2,7,10-15,17H2,1H3,(H,38,47)(H,41,48). The Kier molecular flexibility index (Phi) is 8.88. The molecule has 5 aromatic rings. The number of benzene rings is 1. The molecule has 51 heavy (non-hydrogen) atoms. The van der Waals surface area contributed by atoms with Crippen molar-refractivity contribution in [1.82, 2.24) is 38.7 Å². The fourth-order valence-corrected chi connectivity index (χ4v) is 6.55. The molecule has 1 fully saturated rings. The van der Waals surface area contributed by atoms with Crippen LogP contribution in [0.5, 0.6) is 0 Å². The van der Waals surface area contributed by atoms with Gasteiger partial charge in [0.1, 0.15) is 12.2 Å². The number of piperazine rings is 1. The lowest BCUT2D eigenvalue weighted by atomic mass is 10.1. The van der Waals surface area contributed by atoms with E-state index in [2.05, 4.69) is 25.5 Å². The van der Waals surface area contributed by atoms with Crippen molar-refractivity contribution in [2.45, 2.75) is 32.5 Å². The van der Waals surface area contributed by atoms with Gasteiger partial charge in [-0.1, -0.05) is 24.6 Å². The number of fused-ring (bicyclic) bond motifs is 2. The zero-order valence-corrected chi connectivity index (χ0v) is 27.8. The van der Waals surface area contributed by atoms with Crippen molar-refractivity contribution in [3.63, 3.8) is 0 Å². The number of ether oxygens (including phenoxy) is 1. The van der Waals surface area contributed by atoms with Crippen molar-refractivity contribution in [2.24, 2.45) is 0 Å². The molecule has 4 aromatic heterocycles. The van der Waals surface area contributed by atoms with Crippen LogP contribution in [-0.4, -0.2) is 89.9 Å². The van der Waals surface area contributed by atoms with Gasteiger partial charge >= 0.3 is 6.18 Å². The maximum atomic E-state index is 14.2. The van der Waals surface area contributed by atoms with Gasteiger partial charge in [0.2, 0.25) is 11.7 Å². The summed E-state index contributed by atoms with van der Waals surface area (Å²) in [5.41, 5.74) is -0.431. The van der Waals surface area contributed by atoms with Crippen LogP contribution in [0.4, 0.5) is 24.5 Å². The molecule has 0 bridgehead atoms. The van der Waals surface area contributed by atoms with E-state index >= 15 is 0 Å². The Hall–Kier alpha value is -5.49. The van der Waals surface area contributed by atoms with Gasteiger partial charge in [-0.05, 0) is 42.7 Å². The van der Waals surface area contributed by atoms with E-state index < -0.39 is 34.7 Å². The summed E-state index contributed by atoms with van der Waals surface area (Å²) in [5.74, 6) is -0.738. The van der Waals surface area contributed by atoms with Crippen LogP contribution < -0.4 is 21.3 Å². The van der Waals surface area contributed by atoms with E-state index in [1.807, 2.05) is 13.0 Å². The molecule has 0 atom stereocenters. The summed E-state index contributed by atoms with van der Waals surface area (Å²) in [6, 6.07) is 4.24. The second-order valence-electron chi connectivity index (χ2n) is 11.9. The molecule has 266 valence electrons. The second-order valence-corrected chi connectivity index (χ2v) is 12.3. The SMILES string of the molecule is CCc1c(N2CCN(C(=O)c3c(=O)[nH]n4cccnc34)CC2)c(=O)n2nc(C3=CCOCC3)nc2n1CC(=O)Nc1ccc(C(F)(F)F)cc1Cl. The molecule has 0 spiro atoms. The molecule has 19 heteroatoms. The molecule has 2 aliphatic rings. The van der Waals surface area contributed by atoms with E-state index in [0.29, 0.717) is 31.2 Å². The molecule has 1 saturated heterocycles. The summed E-state index contributed by atoms with van der Waals surface area (Å²) in [5, 5.41) is 9.39. The van der Waals surface area contributed by atoms with Gasteiger partial charge in [0.15, 0.2) is 17.0 Å². The second kappa shape index (κ2) is 13.3. The molecular weight excluding hydrogens is 697 g/mol. The average Bonchev–Trinajstić information content (AvgIpc) is 3.71. The molecule has 2 N–H and O–H groups in total. The molecule has 0 saturated carbocycles. The Morgan fingerprint density at radius 2 is 1.92 bits per heavy atom. The third-order valence-corrected chi connectivity index (χ3v) is 9.11. The number of hydrogen-bond donors (Lipinski definition) is 2. The van der Waals surface area contributed by atoms with Crippen LogP contribution >= 0.6 is 11.6 Å². The molecular formula is C32H30ClF3N10O5. The summed E-state index contributed by atoms with van der Waals surface area (Å²) < 4.78 is 49.1. The highest BCUT2D eigenvalue weighted by molar-refractivity contribution is 6.33. The number of carbonyl (C=O) groups is 2. The largest absolute Gasteiger partial charge is 0.416 e. The number of halogens is 4. The van der Waals surface area contributed by atoms with E-state index in [9.17, 15) is 32.3 Å². The van der Waals surface area contributed by atoms with E-state index in [-0.39, 0.29) is 72.5 Å². The monoisotopic (exact) mass is 726 g/mol. The minimum atomic E-state index is -4.62. The van der Waals surface area contributed by atoms with Gasteiger partial charge in [0.05, 0.1) is 35.2 Å². The van der Waals surface area contributed by atoms with Crippen molar-refractivity contribution in [3.8, 4) is 0 Å². The molecule has 1 aromatic carbocycles. The summed E-state index contributed by atoms with van der Waals surface area (Å²) in [7, 11) is 0. The smallest absolute Gasteiger partial charge is 0.377 e. The van der Waals surface area contributed by atoms with Crippen LogP contribution in [0.2, 0.25) is 5.02 Å². The minimum Gasteiger partial charge on any atom is -0.377 e. The molecule has 2 amide bonds. The molecule has 0 unspecified atom stereocenters. The Balaban J connectivity index is 1.22. The highest BCUT2D eigenvalue weighted by Crippen LogP contribution is 2.34. The zero-order chi connectivity index (χ0) is 36.0. The van der Waals surface area contributed by atoms with Crippen LogP contribution in [-0.2, 0) is 28.7 Å². The fraction of sp³-hybridized carbons (Fsp3) is 0.344. The molecule has 15 nitrogen and oxygen atoms in total. The van der Waals surface area contributed by atoms with Crippen molar-refractivity contribution < 1.29 is 27.5 Å². The predicted molar refractivity (Wildman–Crippen MR) is 179 cm³/mol. The van der Waals surface area contributed by atoms with E-state index in [1.165, 1.54) is 15.6 Å². The number of aromatic nitrogens is 7. The van der Waals surface area contributed by atoms with Gasteiger partial charge in [-0.2, -0.15) is 22.7 Å². The Morgan fingerprint density at radius 1 is 1.14 bits per heavy atom. The highest BCUT2D eigenvalue weighted by atomic mass is 35.5. The summed E-state index contributed by atoms with van der Waals surface area (Å²) in [6.07, 6.45) is 1.06. The van der Waals surface area contributed by atoms with Gasteiger partial charge in [-0.3, -0.25) is 24.3 Å². The van der Waals surface area contributed by atoms with Gasteiger partial charge in [-0.25, -0.2) is 9.50 Å². The predicted octanol–water partition coefficient (Wildman–Crippen LogP) is 2.87. The van der Waals surface area contributed by atoms with E-state index in [1.54, 1.807) is 21.7 Å². The third kappa shape index (κ3) is 6.35. The first-order chi connectivity index (χ1) is 24.4. The van der Waals surface area contributed by atoms with Crippen molar-refractivity contribution in [1.29, 1.82) is 0 Å². The number of rotatable bonds is 7. The number of nitrogens with one attached hydrogen (secondary N) is 2. The summed E-state index contributed by atoms with van der Waals surface area (Å²) in [6.45, 7) is 3.00. The number of hydrogen-bond acceptors (Lipinski definition) is 9. The highest BCUT2D eigenvalue weighted by Gasteiger charge is 2.33. The normalized spacial score (nSPS) is 15.4. The minimum absolute atomic E-state index is 0.0228. The Bertz CT molecular complexity index is 2340. The zero-order valence-electron chi connectivity index (χ0n) is 27.0. The van der Waals surface area contributed by atoms with Gasteiger partial charge in [0, 0.05) is 38.6 Å². The van der Waals surface area contributed by atoms with E-state index in [4.69, 9.17) is 16.3 Å². The number of nitrogens with zero attached hydrogens (tertiary/aromatic N) is 8. The first kappa shape index (κ1) is 34.0. The lowest BCUT2D eigenvalue weighted by molar-refractivity contribution is -0.137. The molecule has 0 aliphatic carbocycles. The molecule has 0 radical (unpaired) electrons. The van der Waals surface area contributed by atoms with Gasteiger partial charge < -0.3 is 24.4 Å². The van der Waals surface area contributed by atoms with Crippen LogP contribution in [0, 0.1) is 0 Å². The Labute approximate surface area is 290 Å². The summed E-state index contributed by atoms with van der Waals surface area (Å²) >= 11 is 6.11. The number of anilines is 2. The van der Waals surface area contributed by atoms with Crippen molar-refractivity contribution in [2.75, 3.05) is 49.6 Å². The lowest BCUT2D eigenvalue weighted by Crippen LogP contribution is -2.51. The quantitative estimate of drug-likeness (QED) is 0.257. The lowest BCUT2D eigenvalue weighted by Gasteiger charge is -2.36. The van der Waals surface area contributed by atoms with Crippen molar-refractivity contribution in [3.05, 3.63) is 91.1 Å². The van der Waals surface area contributed by atoms with Gasteiger partial charge in [0.25, 0.3) is 17.0 Å². The Morgan fingerprint density at radius 3 is 2.61 bits per heavy atom. The van der Waals surface area contributed by atoms with Crippen LogP contribution in [0.25, 0.3) is 17.0 Å². The fourth-order valence-electron chi connectivity index (χ4n) is 6.32. The maximum absolute atomic E-state index is 14.2. The third-order valence-electron chi connectivity index (χ3n) is 8.80. The van der Waals surface area contributed by atoms with E-state index in [0.717, 1.165) is 28.3 Å². The number of carbonyl (C=O) groups excluding carboxylic acids is 2. The number of aromatic amines is 1. The van der Waals surface area contributed by atoms with Crippen molar-refractivity contribution >= 4 is 51.8 Å². The number of H-pyrrole nitrogens is 1. The maximum Gasteiger partial charge on any atom is 0.416 e. The molecule has 7 rings (SSSR count). The molecule has 2 aliphatic heterocycles. The molecule has 6 heterocycles. The topological polar surface area (TPSA) is 164 Å². The number of amides is 2. The first-order valence-electron chi connectivity index (χ1n) is 16.0.